The van der Waals surface area contributed by atoms with E-state index in [1.165, 1.54) is 24.5 Å². The maximum absolute atomic E-state index is 13.2. The van der Waals surface area contributed by atoms with Crippen molar-refractivity contribution in [3.8, 4) is 5.69 Å². The second kappa shape index (κ2) is 6.77. The van der Waals surface area contributed by atoms with Crippen LogP contribution in [0.15, 0.2) is 55.0 Å². The topological polar surface area (TPSA) is 72.7 Å². The number of hydrogen-bond acceptors (Lipinski definition) is 4. The summed E-state index contributed by atoms with van der Waals surface area (Å²) in [4.78, 5) is 20.9. The number of halogens is 2. The highest BCUT2D eigenvalue weighted by molar-refractivity contribution is 6.39. The smallest absolute Gasteiger partial charge is 0.258 e. The van der Waals surface area contributed by atoms with Crippen molar-refractivity contribution in [1.82, 2.24) is 19.7 Å². The third-order valence-electron chi connectivity index (χ3n) is 4.04. The van der Waals surface area contributed by atoms with Crippen LogP contribution in [0.1, 0.15) is 16.1 Å². The number of benzene rings is 1. The van der Waals surface area contributed by atoms with Gasteiger partial charge >= 0.3 is 0 Å². The number of amides is 1. The normalized spacial score (nSPS) is 10.9. The van der Waals surface area contributed by atoms with Gasteiger partial charge in [0.15, 0.2) is 5.65 Å². The summed E-state index contributed by atoms with van der Waals surface area (Å²) in [7, 11) is 0. The number of hydrogen-bond donors (Lipinski definition) is 1. The first-order valence-corrected chi connectivity index (χ1v) is 8.43. The van der Waals surface area contributed by atoms with E-state index in [1.807, 2.05) is 0 Å². The highest BCUT2D eigenvalue weighted by Crippen LogP contribution is 2.30. The molecule has 0 saturated heterocycles. The van der Waals surface area contributed by atoms with Crippen molar-refractivity contribution in [1.29, 1.82) is 0 Å². The van der Waals surface area contributed by atoms with Crippen LogP contribution in [0.4, 0.5) is 10.1 Å². The Morgan fingerprint density at radius 3 is 2.67 bits per heavy atom. The third-order valence-corrected chi connectivity index (χ3v) is 4.44. The van der Waals surface area contributed by atoms with Crippen molar-refractivity contribution in [2.45, 2.75) is 6.92 Å². The zero-order valence-electron chi connectivity index (χ0n) is 14.1. The van der Waals surface area contributed by atoms with E-state index >= 15 is 0 Å². The van der Waals surface area contributed by atoms with Crippen LogP contribution in [0.5, 0.6) is 0 Å². The van der Waals surface area contributed by atoms with E-state index in [-0.39, 0.29) is 16.4 Å². The van der Waals surface area contributed by atoms with Gasteiger partial charge in [-0.15, -0.1) is 0 Å². The van der Waals surface area contributed by atoms with Crippen LogP contribution in [0, 0.1) is 12.7 Å². The molecular formula is C19H13ClFN5O. The third kappa shape index (κ3) is 3.13. The molecule has 0 aliphatic carbocycles. The number of nitrogens with zero attached hydrogens (tertiary/aromatic N) is 4. The molecule has 4 rings (SSSR count). The highest BCUT2D eigenvalue weighted by atomic mass is 35.5. The molecule has 0 spiro atoms. The molecule has 0 unspecified atom stereocenters. The van der Waals surface area contributed by atoms with Crippen molar-refractivity contribution in [2.75, 3.05) is 5.32 Å². The second-order valence-electron chi connectivity index (χ2n) is 5.85. The molecule has 6 nitrogen and oxygen atoms in total. The lowest BCUT2D eigenvalue weighted by Gasteiger charge is -2.07. The lowest BCUT2D eigenvalue weighted by atomic mass is 10.2. The Hall–Kier alpha value is -3.32. The Morgan fingerprint density at radius 2 is 1.96 bits per heavy atom. The standard InChI is InChI=1S/C19H13ClFN5O/c1-11-16-17(20)15(19(27)24-13-3-2-8-22-9-13)10-23-18(16)26(25-11)14-6-4-12(21)5-7-14/h2-10H,1H3,(H,24,27). The minimum atomic E-state index is -0.392. The van der Waals surface area contributed by atoms with E-state index < -0.39 is 5.91 Å². The summed E-state index contributed by atoms with van der Waals surface area (Å²) in [6.45, 7) is 1.78. The molecule has 0 atom stereocenters. The Labute approximate surface area is 158 Å². The quantitative estimate of drug-likeness (QED) is 0.578. The minimum Gasteiger partial charge on any atom is -0.320 e. The molecule has 1 amide bonds. The van der Waals surface area contributed by atoms with E-state index in [0.29, 0.717) is 28.1 Å². The summed E-state index contributed by atoms with van der Waals surface area (Å²) >= 11 is 6.50. The van der Waals surface area contributed by atoms with E-state index in [0.717, 1.165) is 0 Å². The molecule has 134 valence electrons. The van der Waals surface area contributed by atoms with Crippen LogP contribution in [0.3, 0.4) is 0 Å². The number of nitrogens with one attached hydrogen (secondary N) is 1. The molecule has 0 radical (unpaired) electrons. The molecule has 4 aromatic rings. The number of pyridine rings is 2. The maximum Gasteiger partial charge on any atom is 0.258 e. The van der Waals surface area contributed by atoms with Gasteiger partial charge in [-0.1, -0.05) is 11.6 Å². The number of aryl methyl sites for hydroxylation is 1. The molecule has 0 aliphatic heterocycles. The summed E-state index contributed by atoms with van der Waals surface area (Å²) in [5, 5.41) is 8.00. The Morgan fingerprint density at radius 1 is 1.19 bits per heavy atom. The van der Waals surface area contributed by atoms with Crippen LogP contribution in [0.2, 0.25) is 5.02 Å². The van der Waals surface area contributed by atoms with Crippen molar-refractivity contribution >= 4 is 34.2 Å². The minimum absolute atomic E-state index is 0.231. The van der Waals surface area contributed by atoms with Crippen LogP contribution >= 0.6 is 11.6 Å². The SMILES string of the molecule is Cc1nn(-c2ccc(F)cc2)c2ncc(C(=O)Nc3cccnc3)c(Cl)c12. The zero-order chi connectivity index (χ0) is 19.0. The Balaban J connectivity index is 1.77. The van der Waals surface area contributed by atoms with E-state index in [9.17, 15) is 9.18 Å². The van der Waals surface area contributed by atoms with Gasteiger partial charge in [0.1, 0.15) is 5.82 Å². The summed E-state index contributed by atoms with van der Waals surface area (Å²) in [5.41, 5.74) is 2.53. The maximum atomic E-state index is 13.2. The van der Waals surface area contributed by atoms with E-state index in [2.05, 4.69) is 20.4 Å². The van der Waals surface area contributed by atoms with Crippen LogP contribution in [-0.4, -0.2) is 25.7 Å². The Bertz CT molecular complexity index is 1140. The van der Waals surface area contributed by atoms with E-state index in [4.69, 9.17) is 11.6 Å². The predicted molar refractivity (Wildman–Crippen MR) is 101 cm³/mol. The summed E-state index contributed by atoms with van der Waals surface area (Å²) in [6, 6.07) is 9.32. The summed E-state index contributed by atoms with van der Waals surface area (Å²) < 4.78 is 14.8. The van der Waals surface area contributed by atoms with Crippen molar-refractivity contribution in [2.24, 2.45) is 0 Å². The fraction of sp³-hybridized carbons (Fsp3) is 0.0526. The Kier molecular flexibility index (Phi) is 4.29. The van der Waals surface area contributed by atoms with Crippen molar-refractivity contribution in [3.05, 3.63) is 77.1 Å². The molecule has 1 N–H and O–H groups in total. The molecule has 0 aliphatic rings. The predicted octanol–water partition coefficient (Wildman–Crippen LogP) is 4.17. The molecule has 0 bridgehead atoms. The van der Waals surface area contributed by atoms with Crippen LogP contribution in [0.25, 0.3) is 16.7 Å². The van der Waals surface area contributed by atoms with Gasteiger partial charge < -0.3 is 5.32 Å². The fourth-order valence-electron chi connectivity index (χ4n) is 2.76. The summed E-state index contributed by atoms with van der Waals surface area (Å²) in [5.74, 6) is -0.733. The molecule has 0 saturated carbocycles. The van der Waals surface area contributed by atoms with Gasteiger partial charge in [0.2, 0.25) is 0 Å². The first kappa shape index (κ1) is 17.1. The van der Waals surface area contributed by atoms with Crippen LogP contribution < -0.4 is 5.32 Å². The van der Waals surface area contributed by atoms with Crippen molar-refractivity contribution in [3.63, 3.8) is 0 Å². The first-order chi connectivity index (χ1) is 13.0. The molecule has 3 aromatic heterocycles. The number of carbonyl (C=O) groups is 1. The number of rotatable bonds is 3. The number of aromatic nitrogens is 4. The average molecular weight is 382 g/mol. The number of anilines is 1. The van der Waals surface area contributed by atoms with Gasteiger partial charge in [-0.3, -0.25) is 9.78 Å². The monoisotopic (exact) mass is 381 g/mol. The average Bonchev–Trinajstić information content (AvgIpc) is 3.01. The van der Waals surface area contributed by atoms with Gasteiger partial charge in [-0.05, 0) is 43.3 Å². The fourth-order valence-corrected chi connectivity index (χ4v) is 3.12. The van der Waals surface area contributed by atoms with Gasteiger partial charge in [0, 0.05) is 12.4 Å². The van der Waals surface area contributed by atoms with E-state index in [1.54, 1.807) is 42.1 Å². The highest BCUT2D eigenvalue weighted by Gasteiger charge is 2.20. The van der Waals surface area contributed by atoms with Gasteiger partial charge in [0.25, 0.3) is 5.91 Å². The number of fused-ring (bicyclic) bond motifs is 1. The van der Waals surface area contributed by atoms with Gasteiger partial charge in [-0.2, -0.15) is 5.10 Å². The largest absolute Gasteiger partial charge is 0.320 e. The number of carbonyl (C=O) groups excluding carboxylic acids is 1. The molecule has 8 heteroatoms. The molecule has 27 heavy (non-hydrogen) atoms. The van der Waals surface area contributed by atoms with Gasteiger partial charge in [-0.25, -0.2) is 14.1 Å². The first-order valence-electron chi connectivity index (χ1n) is 8.06. The van der Waals surface area contributed by atoms with Crippen LogP contribution in [-0.2, 0) is 0 Å². The lowest BCUT2D eigenvalue weighted by molar-refractivity contribution is 0.102. The summed E-state index contributed by atoms with van der Waals surface area (Å²) in [6.07, 6.45) is 4.55. The zero-order valence-corrected chi connectivity index (χ0v) is 14.9. The lowest BCUT2D eigenvalue weighted by Crippen LogP contribution is -2.13. The second-order valence-corrected chi connectivity index (χ2v) is 6.23. The molecule has 0 fully saturated rings. The molecular weight excluding hydrogens is 369 g/mol. The molecule has 1 aromatic carbocycles. The molecule has 3 heterocycles. The van der Waals surface area contributed by atoms with Crippen molar-refractivity contribution < 1.29 is 9.18 Å². The van der Waals surface area contributed by atoms with Gasteiger partial charge in [0.05, 0.1) is 39.2 Å².